The van der Waals surface area contributed by atoms with Gasteiger partial charge in [-0.1, -0.05) is 19.8 Å². The Balaban J connectivity index is 1.51. The molecule has 3 heteroatoms. The van der Waals surface area contributed by atoms with Gasteiger partial charge in [0, 0.05) is 31.6 Å². The van der Waals surface area contributed by atoms with E-state index in [0.717, 1.165) is 12.3 Å². The minimum atomic E-state index is 0.399. The van der Waals surface area contributed by atoms with Crippen LogP contribution in [0.2, 0.25) is 0 Å². The first-order chi connectivity index (χ1) is 9.61. The highest BCUT2D eigenvalue weighted by Crippen LogP contribution is 2.33. The maximum Gasteiger partial charge on any atom is 0.222 e. The molecule has 3 fully saturated rings. The third-order valence-corrected chi connectivity index (χ3v) is 5.90. The largest absolute Gasteiger partial charge is 0.343 e. The summed E-state index contributed by atoms with van der Waals surface area (Å²) in [6.07, 6.45) is 10.9. The van der Waals surface area contributed by atoms with Crippen molar-refractivity contribution in [1.82, 2.24) is 10.2 Å². The summed E-state index contributed by atoms with van der Waals surface area (Å²) < 4.78 is 0. The summed E-state index contributed by atoms with van der Waals surface area (Å²) in [5.74, 6) is 1.86. The zero-order valence-electron chi connectivity index (χ0n) is 13.1. The molecular formula is C17H30N2O. The number of nitrogens with zero attached hydrogens (tertiary/aromatic N) is 1. The monoisotopic (exact) mass is 278 g/mol. The molecule has 0 radical (unpaired) electrons. The van der Waals surface area contributed by atoms with Crippen LogP contribution in [0.25, 0.3) is 0 Å². The third-order valence-electron chi connectivity index (χ3n) is 5.90. The minimum Gasteiger partial charge on any atom is -0.343 e. The Labute approximate surface area is 123 Å². The molecule has 2 aliphatic heterocycles. The molecular weight excluding hydrogens is 248 g/mol. The van der Waals surface area contributed by atoms with E-state index in [9.17, 15) is 4.79 Å². The first-order valence-corrected chi connectivity index (χ1v) is 8.63. The van der Waals surface area contributed by atoms with Crippen molar-refractivity contribution in [3.63, 3.8) is 0 Å². The Morgan fingerprint density at radius 2 is 1.80 bits per heavy atom. The zero-order chi connectivity index (χ0) is 14.1. The SMILES string of the molecule is CC1CCCC(CC(=O)N(C)C2CC3CCC(C2)N3)C1. The predicted molar refractivity (Wildman–Crippen MR) is 81.5 cm³/mol. The lowest BCUT2D eigenvalue weighted by atomic mass is 9.80. The summed E-state index contributed by atoms with van der Waals surface area (Å²) >= 11 is 0. The van der Waals surface area contributed by atoms with Gasteiger partial charge in [0.2, 0.25) is 5.91 Å². The van der Waals surface area contributed by atoms with Crippen molar-refractivity contribution >= 4 is 5.91 Å². The molecule has 2 saturated heterocycles. The average Bonchev–Trinajstić information content (AvgIpc) is 2.76. The van der Waals surface area contributed by atoms with E-state index in [1.54, 1.807) is 0 Å². The normalized spacial score (nSPS) is 40.6. The molecule has 4 unspecified atom stereocenters. The van der Waals surface area contributed by atoms with Crippen LogP contribution < -0.4 is 5.32 Å². The van der Waals surface area contributed by atoms with E-state index < -0.39 is 0 Å². The minimum absolute atomic E-state index is 0.399. The Kier molecular flexibility index (Phi) is 4.34. The fraction of sp³-hybridized carbons (Fsp3) is 0.941. The van der Waals surface area contributed by atoms with E-state index in [4.69, 9.17) is 0 Å². The molecule has 0 aromatic heterocycles. The van der Waals surface area contributed by atoms with E-state index in [1.807, 2.05) is 7.05 Å². The van der Waals surface area contributed by atoms with Crippen LogP contribution in [0.1, 0.15) is 64.7 Å². The van der Waals surface area contributed by atoms with E-state index in [0.29, 0.717) is 30.0 Å². The Hall–Kier alpha value is -0.570. The summed E-state index contributed by atoms with van der Waals surface area (Å²) in [5, 5.41) is 3.66. The summed E-state index contributed by atoms with van der Waals surface area (Å²) in [5.41, 5.74) is 0. The van der Waals surface area contributed by atoms with Gasteiger partial charge >= 0.3 is 0 Å². The summed E-state index contributed by atoms with van der Waals surface area (Å²) in [6.45, 7) is 2.34. The number of rotatable bonds is 3. The van der Waals surface area contributed by atoms with Crippen LogP contribution in [0.15, 0.2) is 0 Å². The van der Waals surface area contributed by atoms with Gasteiger partial charge in [-0.05, 0) is 50.4 Å². The Bertz CT molecular complexity index is 345. The molecule has 114 valence electrons. The average molecular weight is 278 g/mol. The van der Waals surface area contributed by atoms with Gasteiger partial charge in [0.1, 0.15) is 0 Å². The van der Waals surface area contributed by atoms with Crippen LogP contribution >= 0.6 is 0 Å². The topological polar surface area (TPSA) is 32.3 Å². The number of amides is 1. The van der Waals surface area contributed by atoms with Crippen molar-refractivity contribution in [2.75, 3.05) is 7.05 Å². The quantitative estimate of drug-likeness (QED) is 0.861. The molecule has 2 heterocycles. The first-order valence-electron chi connectivity index (χ1n) is 8.63. The molecule has 0 aromatic carbocycles. The van der Waals surface area contributed by atoms with E-state index in [1.165, 1.54) is 51.4 Å². The molecule has 3 rings (SSSR count). The van der Waals surface area contributed by atoms with Crippen molar-refractivity contribution in [1.29, 1.82) is 0 Å². The summed E-state index contributed by atoms with van der Waals surface area (Å²) in [4.78, 5) is 14.6. The van der Waals surface area contributed by atoms with Gasteiger partial charge in [0.25, 0.3) is 0 Å². The molecule has 1 aliphatic carbocycles. The highest BCUT2D eigenvalue weighted by atomic mass is 16.2. The Morgan fingerprint density at radius 3 is 2.45 bits per heavy atom. The van der Waals surface area contributed by atoms with E-state index >= 15 is 0 Å². The van der Waals surface area contributed by atoms with Crippen LogP contribution in [-0.4, -0.2) is 36.0 Å². The lowest BCUT2D eigenvalue weighted by molar-refractivity contribution is -0.134. The van der Waals surface area contributed by atoms with E-state index in [-0.39, 0.29) is 0 Å². The molecule has 0 spiro atoms. The molecule has 2 bridgehead atoms. The molecule has 0 aromatic rings. The molecule has 4 atom stereocenters. The van der Waals surface area contributed by atoms with Crippen molar-refractivity contribution in [3.05, 3.63) is 0 Å². The highest BCUT2D eigenvalue weighted by Gasteiger charge is 2.36. The molecule has 1 N–H and O–H groups in total. The maximum atomic E-state index is 12.6. The van der Waals surface area contributed by atoms with Crippen molar-refractivity contribution < 1.29 is 4.79 Å². The van der Waals surface area contributed by atoms with Gasteiger partial charge in [-0.3, -0.25) is 4.79 Å². The standard InChI is InChI=1S/C17H30N2O/c1-12-4-3-5-13(8-12)9-17(20)19(2)16-10-14-6-7-15(11-16)18-14/h12-16,18H,3-11H2,1-2H3. The fourth-order valence-electron chi connectivity index (χ4n) is 4.68. The number of piperidine rings is 1. The number of nitrogens with one attached hydrogen (secondary N) is 1. The molecule has 20 heavy (non-hydrogen) atoms. The van der Waals surface area contributed by atoms with Crippen LogP contribution in [0, 0.1) is 11.8 Å². The zero-order valence-corrected chi connectivity index (χ0v) is 13.1. The lowest BCUT2D eigenvalue weighted by Crippen LogP contribution is -2.49. The summed E-state index contributed by atoms with van der Waals surface area (Å²) in [6, 6.07) is 1.83. The number of carbonyl (C=O) groups is 1. The van der Waals surface area contributed by atoms with Gasteiger partial charge in [0.05, 0.1) is 0 Å². The van der Waals surface area contributed by atoms with Crippen LogP contribution in [0.5, 0.6) is 0 Å². The first kappa shape index (κ1) is 14.4. The smallest absolute Gasteiger partial charge is 0.222 e. The van der Waals surface area contributed by atoms with Gasteiger partial charge < -0.3 is 10.2 Å². The van der Waals surface area contributed by atoms with Crippen molar-refractivity contribution in [2.45, 2.75) is 82.8 Å². The number of carbonyl (C=O) groups excluding carboxylic acids is 1. The second kappa shape index (κ2) is 6.05. The maximum absolute atomic E-state index is 12.6. The Morgan fingerprint density at radius 1 is 1.10 bits per heavy atom. The van der Waals surface area contributed by atoms with Crippen molar-refractivity contribution in [2.24, 2.45) is 11.8 Å². The fourth-order valence-corrected chi connectivity index (χ4v) is 4.68. The molecule has 1 amide bonds. The summed E-state index contributed by atoms with van der Waals surface area (Å²) in [7, 11) is 2.05. The van der Waals surface area contributed by atoms with Gasteiger partial charge in [-0.25, -0.2) is 0 Å². The van der Waals surface area contributed by atoms with Gasteiger partial charge in [-0.15, -0.1) is 0 Å². The third kappa shape index (κ3) is 3.19. The van der Waals surface area contributed by atoms with Crippen LogP contribution in [0.4, 0.5) is 0 Å². The van der Waals surface area contributed by atoms with Crippen LogP contribution in [0.3, 0.4) is 0 Å². The number of hydrogen-bond acceptors (Lipinski definition) is 2. The second-order valence-electron chi connectivity index (χ2n) is 7.61. The number of hydrogen-bond donors (Lipinski definition) is 1. The molecule has 3 aliphatic rings. The van der Waals surface area contributed by atoms with Crippen LogP contribution in [-0.2, 0) is 4.79 Å². The highest BCUT2D eigenvalue weighted by molar-refractivity contribution is 5.76. The second-order valence-corrected chi connectivity index (χ2v) is 7.61. The van der Waals surface area contributed by atoms with Gasteiger partial charge in [-0.2, -0.15) is 0 Å². The molecule has 3 nitrogen and oxygen atoms in total. The number of fused-ring (bicyclic) bond motifs is 2. The molecule has 1 saturated carbocycles. The van der Waals surface area contributed by atoms with Crippen molar-refractivity contribution in [3.8, 4) is 0 Å². The lowest BCUT2D eigenvalue weighted by Gasteiger charge is -2.36. The predicted octanol–water partition coefficient (Wildman–Crippen LogP) is 2.94. The van der Waals surface area contributed by atoms with E-state index in [2.05, 4.69) is 17.1 Å². The van der Waals surface area contributed by atoms with Gasteiger partial charge in [0.15, 0.2) is 0 Å².